The smallest absolute Gasteiger partial charge is 0.242 e. The van der Waals surface area contributed by atoms with Crippen LogP contribution in [0, 0.1) is 0 Å². The molecule has 0 rings (SSSR count). The molecule has 16 heavy (non-hydrogen) atoms. The number of nitrogens with zero attached hydrogens (tertiary/aromatic N) is 1. The van der Waals surface area contributed by atoms with Crippen LogP contribution in [0.2, 0.25) is 0 Å². The number of amides is 1. The van der Waals surface area contributed by atoms with Crippen molar-refractivity contribution in [2.45, 2.75) is 51.6 Å². The van der Waals surface area contributed by atoms with Crippen LogP contribution < -0.4 is 5.73 Å². The molecule has 0 aromatic carbocycles. The van der Waals surface area contributed by atoms with Crippen LogP contribution >= 0.6 is 11.8 Å². The molecular weight excluding hydrogens is 220 g/mol. The molecule has 1 amide bonds. The Morgan fingerprint density at radius 2 is 1.88 bits per heavy atom. The van der Waals surface area contributed by atoms with Crippen LogP contribution in [0.5, 0.6) is 0 Å². The summed E-state index contributed by atoms with van der Waals surface area (Å²) in [6.07, 6.45) is 4.44. The lowest BCUT2D eigenvalue weighted by Gasteiger charge is -2.35. The summed E-state index contributed by atoms with van der Waals surface area (Å²) < 4.78 is 0. The van der Waals surface area contributed by atoms with E-state index < -0.39 is 5.54 Å². The van der Waals surface area contributed by atoms with Crippen LogP contribution in [0.1, 0.15) is 40.0 Å². The first-order valence-electron chi connectivity index (χ1n) is 6.01. The van der Waals surface area contributed by atoms with Gasteiger partial charge in [-0.25, -0.2) is 0 Å². The molecule has 0 spiro atoms. The highest BCUT2D eigenvalue weighted by Crippen LogP contribution is 2.18. The Morgan fingerprint density at radius 1 is 1.38 bits per heavy atom. The topological polar surface area (TPSA) is 46.3 Å². The van der Waals surface area contributed by atoms with Gasteiger partial charge in [0.1, 0.15) is 0 Å². The Morgan fingerprint density at radius 3 is 2.19 bits per heavy atom. The first-order valence-corrected chi connectivity index (χ1v) is 7.41. The number of carbonyl (C=O) groups is 1. The Balaban J connectivity index is 4.69. The third-order valence-electron chi connectivity index (χ3n) is 3.39. The van der Waals surface area contributed by atoms with Crippen LogP contribution in [0.3, 0.4) is 0 Å². The first-order chi connectivity index (χ1) is 7.46. The van der Waals surface area contributed by atoms with Gasteiger partial charge < -0.3 is 10.6 Å². The van der Waals surface area contributed by atoms with E-state index in [1.165, 1.54) is 0 Å². The van der Waals surface area contributed by atoms with E-state index in [2.05, 4.69) is 13.2 Å². The monoisotopic (exact) mass is 246 g/mol. The van der Waals surface area contributed by atoms with Crippen molar-refractivity contribution in [2.24, 2.45) is 5.73 Å². The Bertz CT molecular complexity index is 217. The van der Waals surface area contributed by atoms with Gasteiger partial charge in [0.2, 0.25) is 5.91 Å². The standard InChI is InChI=1S/C12H26N2OS/c1-6-10(9-16-5)14(4)11(15)12(13,7-2)8-3/h10H,6-9,13H2,1-5H3. The molecule has 2 N–H and O–H groups in total. The Hall–Kier alpha value is -0.220. The fourth-order valence-corrected chi connectivity index (χ4v) is 2.61. The molecular formula is C12H26N2OS. The molecule has 0 aliphatic heterocycles. The van der Waals surface area contributed by atoms with Gasteiger partial charge in [0.15, 0.2) is 0 Å². The van der Waals surface area contributed by atoms with Gasteiger partial charge in [-0.15, -0.1) is 0 Å². The van der Waals surface area contributed by atoms with Crippen molar-refractivity contribution in [3.8, 4) is 0 Å². The van der Waals surface area contributed by atoms with Crippen molar-refractivity contribution in [1.29, 1.82) is 0 Å². The molecule has 4 heteroatoms. The zero-order chi connectivity index (χ0) is 12.8. The van der Waals surface area contributed by atoms with Gasteiger partial charge in [0.05, 0.1) is 5.54 Å². The first kappa shape index (κ1) is 15.8. The average Bonchev–Trinajstić information content (AvgIpc) is 2.33. The van der Waals surface area contributed by atoms with Crippen molar-refractivity contribution in [3.05, 3.63) is 0 Å². The molecule has 0 saturated heterocycles. The highest BCUT2D eigenvalue weighted by molar-refractivity contribution is 7.98. The van der Waals surface area contributed by atoms with Gasteiger partial charge in [0.25, 0.3) is 0 Å². The summed E-state index contributed by atoms with van der Waals surface area (Å²) >= 11 is 1.77. The van der Waals surface area contributed by atoms with Crippen LogP contribution in [0.4, 0.5) is 0 Å². The van der Waals surface area contributed by atoms with E-state index in [0.29, 0.717) is 18.9 Å². The second-order valence-corrected chi connectivity index (χ2v) is 5.21. The third kappa shape index (κ3) is 3.67. The predicted molar refractivity (Wildman–Crippen MR) is 72.7 cm³/mol. The lowest BCUT2D eigenvalue weighted by molar-refractivity contribution is -0.137. The van der Waals surface area contributed by atoms with Gasteiger partial charge in [0, 0.05) is 18.8 Å². The van der Waals surface area contributed by atoms with Crippen molar-refractivity contribution in [1.82, 2.24) is 4.90 Å². The molecule has 96 valence electrons. The molecule has 0 bridgehead atoms. The van der Waals surface area contributed by atoms with Crippen LogP contribution in [-0.2, 0) is 4.79 Å². The molecule has 0 saturated carbocycles. The molecule has 0 radical (unpaired) electrons. The number of likely N-dealkylation sites (N-methyl/N-ethyl adjacent to an activating group) is 1. The predicted octanol–water partition coefficient (Wildman–Crippen LogP) is 2.10. The van der Waals surface area contributed by atoms with Gasteiger partial charge >= 0.3 is 0 Å². The number of hydrogen-bond donors (Lipinski definition) is 1. The molecule has 0 heterocycles. The lowest BCUT2D eigenvalue weighted by Crippen LogP contribution is -2.56. The van der Waals surface area contributed by atoms with Gasteiger partial charge in [-0.1, -0.05) is 20.8 Å². The zero-order valence-electron chi connectivity index (χ0n) is 11.2. The normalized spacial score (nSPS) is 13.6. The molecule has 0 aromatic rings. The van der Waals surface area contributed by atoms with Crippen LogP contribution in [0.15, 0.2) is 0 Å². The molecule has 0 fully saturated rings. The van der Waals surface area contributed by atoms with E-state index in [0.717, 1.165) is 12.2 Å². The summed E-state index contributed by atoms with van der Waals surface area (Å²) in [5.41, 5.74) is 5.45. The maximum Gasteiger partial charge on any atom is 0.242 e. The second-order valence-electron chi connectivity index (χ2n) is 4.30. The average molecular weight is 246 g/mol. The molecule has 1 atom stereocenters. The summed E-state index contributed by atoms with van der Waals surface area (Å²) in [4.78, 5) is 14.1. The van der Waals surface area contributed by atoms with Crippen molar-refractivity contribution < 1.29 is 4.79 Å². The minimum atomic E-state index is -0.680. The fourth-order valence-electron chi connectivity index (χ4n) is 1.77. The maximum atomic E-state index is 12.3. The van der Waals surface area contributed by atoms with Gasteiger partial charge in [-0.05, 0) is 25.5 Å². The summed E-state index contributed by atoms with van der Waals surface area (Å²) in [7, 11) is 1.87. The van der Waals surface area contributed by atoms with Gasteiger partial charge in [-0.3, -0.25) is 4.79 Å². The van der Waals surface area contributed by atoms with E-state index in [-0.39, 0.29) is 5.91 Å². The summed E-state index contributed by atoms with van der Waals surface area (Å²) in [5.74, 6) is 1.06. The molecule has 3 nitrogen and oxygen atoms in total. The number of rotatable bonds is 7. The fraction of sp³-hybridized carbons (Fsp3) is 0.917. The highest BCUT2D eigenvalue weighted by atomic mass is 32.2. The SMILES string of the molecule is CCC(CSC)N(C)C(=O)C(N)(CC)CC. The second kappa shape index (κ2) is 7.17. The minimum absolute atomic E-state index is 0.0819. The van der Waals surface area contributed by atoms with E-state index in [1.807, 2.05) is 25.8 Å². The van der Waals surface area contributed by atoms with Crippen LogP contribution in [0.25, 0.3) is 0 Å². The highest BCUT2D eigenvalue weighted by Gasteiger charge is 2.34. The molecule has 0 aliphatic carbocycles. The van der Waals surface area contributed by atoms with Gasteiger partial charge in [-0.2, -0.15) is 11.8 Å². The molecule has 0 aromatic heterocycles. The van der Waals surface area contributed by atoms with E-state index in [9.17, 15) is 4.79 Å². The summed E-state index contributed by atoms with van der Waals surface area (Å²) in [5, 5.41) is 0. The zero-order valence-corrected chi connectivity index (χ0v) is 12.1. The molecule has 1 unspecified atom stereocenters. The van der Waals surface area contributed by atoms with Crippen molar-refractivity contribution >= 4 is 17.7 Å². The summed E-state index contributed by atoms with van der Waals surface area (Å²) in [6.45, 7) is 6.07. The number of hydrogen-bond acceptors (Lipinski definition) is 3. The van der Waals surface area contributed by atoms with Crippen molar-refractivity contribution in [3.63, 3.8) is 0 Å². The number of thioether (sulfide) groups is 1. The maximum absolute atomic E-state index is 12.3. The number of carbonyl (C=O) groups excluding carboxylic acids is 1. The third-order valence-corrected chi connectivity index (χ3v) is 4.10. The van der Waals surface area contributed by atoms with E-state index >= 15 is 0 Å². The number of nitrogens with two attached hydrogens (primary N) is 1. The quantitative estimate of drug-likeness (QED) is 0.748. The molecule has 0 aliphatic rings. The van der Waals surface area contributed by atoms with E-state index in [4.69, 9.17) is 5.73 Å². The Labute approximate surface area is 104 Å². The minimum Gasteiger partial charge on any atom is -0.340 e. The Kier molecular flexibility index (Phi) is 7.07. The van der Waals surface area contributed by atoms with E-state index in [1.54, 1.807) is 11.8 Å². The largest absolute Gasteiger partial charge is 0.340 e. The summed E-state index contributed by atoms with van der Waals surface area (Å²) in [6, 6.07) is 0.295. The van der Waals surface area contributed by atoms with Crippen LogP contribution in [-0.4, -0.2) is 41.4 Å². The lowest BCUT2D eigenvalue weighted by atomic mass is 9.92. The van der Waals surface area contributed by atoms with Crippen molar-refractivity contribution in [2.75, 3.05) is 19.1 Å².